The van der Waals surface area contributed by atoms with E-state index in [1.54, 1.807) is 0 Å². The van der Waals surface area contributed by atoms with Crippen LogP contribution >= 0.6 is 0 Å². The van der Waals surface area contributed by atoms with Crippen LogP contribution in [-0.2, 0) is 4.74 Å². The van der Waals surface area contributed by atoms with E-state index >= 15 is 0 Å². The van der Waals surface area contributed by atoms with E-state index in [-0.39, 0.29) is 5.60 Å². The van der Waals surface area contributed by atoms with E-state index in [1.807, 2.05) is 0 Å². The van der Waals surface area contributed by atoms with Crippen molar-refractivity contribution in [2.45, 2.75) is 45.3 Å². The van der Waals surface area contributed by atoms with Gasteiger partial charge in [-0.25, -0.2) is 0 Å². The molecule has 0 bridgehead atoms. The lowest BCUT2D eigenvalue weighted by Gasteiger charge is -2.32. The molecule has 1 rings (SSSR count). The van der Waals surface area contributed by atoms with Gasteiger partial charge < -0.3 is 10.5 Å². The molecule has 0 spiro atoms. The third-order valence-electron chi connectivity index (χ3n) is 2.31. The smallest absolute Gasteiger partial charge is 0.0997 e. The van der Waals surface area contributed by atoms with Crippen molar-refractivity contribution in [2.24, 2.45) is 5.73 Å². The predicted octanol–water partition coefficient (Wildman–Crippen LogP) is 1.18. The molecule has 1 saturated heterocycles. The van der Waals surface area contributed by atoms with Gasteiger partial charge in [0.1, 0.15) is 0 Å². The van der Waals surface area contributed by atoms with Crippen LogP contribution in [0.3, 0.4) is 0 Å². The van der Waals surface area contributed by atoms with Crippen molar-refractivity contribution >= 4 is 0 Å². The van der Waals surface area contributed by atoms with Crippen LogP contribution in [0.5, 0.6) is 0 Å². The summed E-state index contributed by atoms with van der Waals surface area (Å²) in [6.07, 6.45) is 2.21. The largest absolute Gasteiger partial charge is 0.360 e. The Morgan fingerprint density at radius 3 is 2.31 bits per heavy atom. The summed E-state index contributed by atoms with van der Waals surface area (Å²) < 4.78 is 5.69. The van der Waals surface area contributed by atoms with E-state index in [0.717, 1.165) is 32.7 Å². The maximum atomic E-state index is 5.81. The quantitative estimate of drug-likeness (QED) is 0.704. The van der Waals surface area contributed by atoms with Gasteiger partial charge in [0.25, 0.3) is 0 Å². The first kappa shape index (κ1) is 11.0. The molecule has 3 nitrogen and oxygen atoms in total. The van der Waals surface area contributed by atoms with Crippen molar-refractivity contribution in [1.82, 2.24) is 4.90 Å². The van der Waals surface area contributed by atoms with E-state index < -0.39 is 0 Å². The fraction of sp³-hybridized carbons (Fsp3) is 1.00. The topological polar surface area (TPSA) is 38.5 Å². The van der Waals surface area contributed by atoms with Gasteiger partial charge in [-0.3, -0.25) is 4.90 Å². The van der Waals surface area contributed by atoms with Crippen molar-refractivity contribution in [3.05, 3.63) is 0 Å². The second kappa shape index (κ2) is 4.40. The van der Waals surface area contributed by atoms with Crippen LogP contribution in [0, 0.1) is 0 Å². The molecule has 1 fully saturated rings. The fourth-order valence-corrected chi connectivity index (χ4v) is 1.37. The van der Waals surface area contributed by atoms with Crippen molar-refractivity contribution in [3.8, 4) is 0 Å². The Bertz CT molecular complexity index is 145. The zero-order chi connectivity index (χ0) is 9.90. The monoisotopic (exact) mass is 186 g/mol. The van der Waals surface area contributed by atoms with Crippen LogP contribution in [0.1, 0.15) is 33.6 Å². The summed E-state index contributed by atoms with van der Waals surface area (Å²) in [5.41, 5.74) is 5.78. The second-order valence-corrected chi connectivity index (χ2v) is 4.84. The molecule has 0 aromatic heterocycles. The molecule has 0 aliphatic carbocycles. The predicted molar refractivity (Wildman–Crippen MR) is 54.5 cm³/mol. The van der Waals surface area contributed by atoms with Crippen LogP contribution in [0.4, 0.5) is 0 Å². The van der Waals surface area contributed by atoms with Gasteiger partial charge in [0.05, 0.1) is 12.3 Å². The van der Waals surface area contributed by atoms with Crippen LogP contribution in [-0.4, -0.2) is 36.4 Å². The lowest BCUT2D eigenvalue weighted by Crippen LogP contribution is -2.42. The van der Waals surface area contributed by atoms with Crippen molar-refractivity contribution in [3.63, 3.8) is 0 Å². The normalized spacial score (nSPS) is 22.2. The summed E-state index contributed by atoms with van der Waals surface area (Å²) >= 11 is 0. The van der Waals surface area contributed by atoms with E-state index in [9.17, 15) is 0 Å². The Kier molecular flexibility index (Phi) is 3.71. The maximum Gasteiger partial charge on any atom is 0.0997 e. The molecule has 0 aromatic carbocycles. The minimum Gasteiger partial charge on any atom is -0.360 e. The highest BCUT2D eigenvalue weighted by molar-refractivity contribution is 4.72. The second-order valence-electron chi connectivity index (χ2n) is 4.84. The van der Waals surface area contributed by atoms with E-state index in [0.29, 0.717) is 6.04 Å². The van der Waals surface area contributed by atoms with Crippen molar-refractivity contribution < 1.29 is 4.74 Å². The summed E-state index contributed by atoms with van der Waals surface area (Å²) in [5.74, 6) is 0. The summed E-state index contributed by atoms with van der Waals surface area (Å²) in [5, 5.41) is 0. The van der Waals surface area contributed by atoms with Gasteiger partial charge in [0.2, 0.25) is 0 Å². The number of hydrogen-bond donors (Lipinski definition) is 1. The van der Waals surface area contributed by atoms with E-state index in [4.69, 9.17) is 10.5 Å². The Labute approximate surface area is 81.2 Å². The highest BCUT2D eigenvalue weighted by Gasteiger charge is 2.18. The van der Waals surface area contributed by atoms with Crippen molar-refractivity contribution in [1.29, 1.82) is 0 Å². The first-order valence-electron chi connectivity index (χ1n) is 5.09. The number of nitrogens with zero attached hydrogens (tertiary/aromatic N) is 1. The Hall–Kier alpha value is -0.120. The standard InChI is InChI=1S/C10H22N2O/c1-10(2,3)13-8-12-6-4-9(11)5-7-12/h9H,4-8,11H2,1-3H3. The fourth-order valence-electron chi connectivity index (χ4n) is 1.37. The molecule has 0 atom stereocenters. The first-order valence-corrected chi connectivity index (χ1v) is 5.09. The number of hydrogen-bond acceptors (Lipinski definition) is 3. The average Bonchev–Trinajstić information content (AvgIpc) is 2.02. The molecule has 1 heterocycles. The molecule has 13 heavy (non-hydrogen) atoms. The van der Waals surface area contributed by atoms with Gasteiger partial charge in [0.15, 0.2) is 0 Å². The lowest BCUT2D eigenvalue weighted by molar-refractivity contribution is -0.0687. The molecule has 1 aliphatic rings. The molecule has 0 saturated carbocycles. The summed E-state index contributed by atoms with van der Waals surface area (Å²) in [7, 11) is 0. The van der Waals surface area contributed by atoms with E-state index in [1.165, 1.54) is 0 Å². The maximum absolute atomic E-state index is 5.81. The average molecular weight is 186 g/mol. The molecule has 0 radical (unpaired) electrons. The molecule has 2 N–H and O–H groups in total. The van der Waals surface area contributed by atoms with Crippen molar-refractivity contribution in [2.75, 3.05) is 19.8 Å². The number of likely N-dealkylation sites (tertiary alicyclic amines) is 1. The first-order chi connectivity index (χ1) is 5.97. The number of nitrogens with two attached hydrogens (primary N) is 1. The highest BCUT2D eigenvalue weighted by atomic mass is 16.5. The van der Waals surface area contributed by atoms with Gasteiger partial charge in [-0.15, -0.1) is 0 Å². The summed E-state index contributed by atoms with van der Waals surface area (Å²) in [6.45, 7) is 9.17. The molecular weight excluding hydrogens is 164 g/mol. The number of piperidine rings is 1. The molecule has 3 heteroatoms. The van der Waals surface area contributed by atoms with Gasteiger partial charge in [-0.1, -0.05) is 0 Å². The van der Waals surface area contributed by atoms with Crippen LogP contribution in [0.15, 0.2) is 0 Å². The zero-order valence-corrected chi connectivity index (χ0v) is 9.05. The molecule has 1 aliphatic heterocycles. The molecule has 0 unspecified atom stereocenters. The Morgan fingerprint density at radius 1 is 1.31 bits per heavy atom. The van der Waals surface area contributed by atoms with Crippen LogP contribution in [0.25, 0.3) is 0 Å². The number of rotatable bonds is 2. The molecular formula is C10H22N2O. The summed E-state index contributed by atoms with van der Waals surface area (Å²) in [6, 6.07) is 0.408. The van der Waals surface area contributed by atoms with Crippen LogP contribution < -0.4 is 5.73 Å². The van der Waals surface area contributed by atoms with Gasteiger partial charge in [-0.2, -0.15) is 0 Å². The SMILES string of the molecule is CC(C)(C)OCN1CCC(N)CC1. The molecule has 0 aromatic rings. The molecule has 78 valence electrons. The minimum atomic E-state index is -0.0282. The Balaban J connectivity index is 2.16. The van der Waals surface area contributed by atoms with Gasteiger partial charge in [0, 0.05) is 19.1 Å². The van der Waals surface area contributed by atoms with E-state index in [2.05, 4.69) is 25.7 Å². The third kappa shape index (κ3) is 4.60. The molecule has 0 amide bonds. The lowest BCUT2D eigenvalue weighted by atomic mass is 10.1. The van der Waals surface area contributed by atoms with Gasteiger partial charge >= 0.3 is 0 Å². The third-order valence-corrected chi connectivity index (χ3v) is 2.31. The van der Waals surface area contributed by atoms with Crippen LogP contribution in [0.2, 0.25) is 0 Å². The minimum absolute atomic E-state index is 0.0282. The Morgan fingerprint density at radius 2 is 1.85 bits per heavy atom. The summed E-state index contributed by atoms with van der Waals surface area (Å²) in [4.78, 5) is 2.33. The highest BCUT2D eigenvalue weighted by Crippen LogP contribution is 2.11. The van der Waals surface area contributed by atoms with Gasteiger partial charge in [-0.05, 0) is 33.6 Å². The number of ether oxygens (including phenoxy) is 1. The zero-order valence-electron chi connectivity index (χ0n) is 9.05.